The number of rotatable bonds is 1. The van der Waals surface area contributed by atoms with Crippen LogP contribution in [0.15, 0.2) is 54.6 Å². The van der Waals surface area contributed by atoms with Crippen LogP contribution in [0.3, 0.4) is 0 Å². The van der Waals surface area contributed by atoms with Crippen LogP contribution in [0.1, 0.15) is 21.5 Å². The first-order chi connectivity index (χ1) is 9.16. The van der Waals surface area contributed by atoms with Gasteiger partial charge < -0.3 is 0 Å². The molecule has 0 N–H and O–H groups in total. The third-order valence-electron chi connectivity index (χ3n) is 3.10. The number of carbonyl (C=O) groups is 1. The molecule has 2 aromatic carbocycles. The van der Waals surface area contributed by atoms with Crippen LogP contribution in [0.25, 0.3) is 5.57 Å². The van der Waals surface area contributed by atoms with Gasteiger partial charge in [-0.05, 0) is 23.8 Å². The number of fused-ring (bicyclic) bond motifs is 1. The summed E-state index contributed by atoms with van der Waals surface area (Å²) in [7, 11) is 0. The number of ketones is 1. The predicted molar refractivity (Wildman–Crippen MR) is 81.9 cm³/mol. The van der Waals surface area contributed by atoms with E-state index in [0.717, 1.165) is 16.7 Å². The predicted octanol–water partition coefficient (Wildman–Crippen LogP) is 4.34. The number of hydrogen-bond acceptors (Lipinski definition) is 2. The van der Waals surface area contributed by atoms with Gasteiger partial charge in [0.15, 0.2) is 5.78 Å². The van der Waals surface area contributed by atoms with Gasteiger partial charge in [-0.3, -0.25) is 4.79 Å². The van der Waals surface area contributed by atoms with Crippen molar-refractivity contribution in [3.05, 3.63) is 76.3 Å². The van der Waals surface area contributed by atoms with E-state index in [9.17, 15) is 4.79 Å². The Morgan fingerprint density at radius 2 is 1.68 bits per heavy atom. The lowest BCUT2D eigenvalue weighted by molar-refractivity contribution is 0.104. The topological polar surface area (TPSA) is 17.1 Å². The second-order valence-electron chi connectivity index (χ2n) is 4.31. The van der Waals surface area contributed by atoms with Crippen LogP contribution >= 0.6 is 23.8 Å². The van der Waals surface area contributed by atoms with Crippen LogP contribution < -0.4 is 0 Å². The molecular formula is C16H9ClOS. The highest BCUT2D eigenvalue weighted by Crippen LogP contribution is 2.30. The molecule has 0 aliphatic heterocycles. The van der Waals surface area contributed by atoms with E-state index in [0.29, 0.717) is 15.5 Å². The summed E-state index contributed by atoms with van der Waals surface area (Å²) in [5.41, 5.74) is 3.12. The van der Waals surface area contributed by atoms with E-state index in [-0.39, 0.29) is 5.78 Å². The van der Waals surface area contributed by atoms with Gasteiger partial charge in [0.2, 0.25) is 0 Å². The summed E-state index contributed by atoms with van der Waals surface area (Å²) in [4.78, 5) is 12.9. The molecule has 19 heavy (non-hydrogen) atoms. The van der Waals surface area contributed by atoms with Gasteiger partial charge in [0.05, 0.1) is 4.86 Å². The molecule has 0 bridgehead atoms. The van der Waals surface area contributed by atoms with Crippen molar-refractivity contribution in [3.8, 4) is 0 Å². The van der Waals surface area contributed by atoms with Crippen LogP contribution in [0, 0.1) is 0 Å². The summed E-state index contributed by atoms with van der Waals surface area (Å²) in [6, 6.07) is 14.9. The highest BCUT2D eigenvalue weighted by molar-refractivity contribution is 7.82. The summed E-state index contributed by atoms with van der Waals surface area (Å²) in [6.07, 6.45) is 1.59. The fourth-order valence-corrected chi connectivity index (χ4v) is 2.70. The molecule has 0 atom stereocenters. The van der Waals surface area contributed by atoms with E-state index >= 15 is 0 Å². The molecule has 0 saturated carbocycles. The third-order valence-corrected chi connectivity index (χ3v) is 3.77. The minimum atomic E-state index is -0.0510. The molecule has 0 saturated heterocycles. The molecule has 0 amide bonds. The summed E-state index contributed by atoms with van der Waals surface area (Å²) in [5, 5.41) is 0.548. The Kier molecular flexibility index (Phi) is 3.05. The van der Waals surface area contributed by atoms with Gasteiger partial charge >= 0.3 is 0 Å². The molecule has 3 rings (SSSR count). The lowest BCUT2D eigenvalue weighted by Gasteiger charge is -2.17. The average Bonchev–Trinajstić information content (AvgIpc) is 2.43. The number of carbonyl (C=O) groups excluding carboxylic acids is 1. The van der Waals surface area contributed by atoms with Gasteiger partial charge in [-0.2, -0.15) is 0 Å². The summed E-state index contributed by atoms with van der Waals surface area (Å²) < 4.78 is 0. The maximum absolute atomic E-state index is 12.2. The highest BCUT2D eigenvalue weighted by atomic mass is 35.5. The van der Waals surface area contributed by atoms with Gasteiger partial charge in [0, 0.05) is 21.7 Å². The van der Waals surface area contributed by atoms with Crippen LogP contribution in [0.4, 0.5) is 0 Å². The van der Waals surface area contributed by atoms with Crippen molar-refractivity contribution < 1.29 is 4.79 Å². The van der Waals surface area contributed by atoms with E-state index in [1.165, 1.54) is 0 Å². The highest BCUT2D eigenvalue weighted by Gasteiger charge is 2.23. The number of benzene rings is 2. The van der Waals surface area contributed by atoms with Crippen molar-refractivity contribution in [2.75, 3.05) is 0 Å². The molecule has 92 valence electrons. The maximum atomic E-state index is 12.2. The molecule has 0 heterocycles. The van der Waals surface area contributed by atoms with E-state index in [2.05, 4.69) is 0 Å². The zero-order valence-corrected chi connectivity index (χ0v) is 11.5. The van der Waals surface area contributed by atoms with E-state index in [1.54, 1.807) is 18.2 Å². The Morgan fingerprint density at radius 1 is 0.947 bits per heavy atom. The number of hydrogen-bond donors (Lipinski definition) is 0. The molecule has 2 aromatic rings. The fraction of sp³-hybridized carbons (Fsp3) is 0. The number of halogens is 1. The first-order valence-electron chi connectivity index (χ1n) is 5.82. The summed E-state index contributed by atoms with van der Waals surface area (Å²) >= 11 is 11.4. The summed E-state index contributed by atoms with van der Waals surface area (Å²) in [5.74, 6) is -0.0510. The molecule has 0 spiro atoms. The zero-order chi connectivity index (χ0) is 13.4. The van der Waals surface area contributed by atoms with E-state index < -0.39 is 0 Å². The standard InChI is InChI=1S/C16H9ClOS/c17-11-6-7-12-14(8-11)15(18)9-13(16(12)19)10-4-2-1-3-5-10/h1-9H. The monoisotopic (exact) mass is 284 g/mol. The smallest absolute Gasteiger partial charge is 0.187 e. The van der Waals surface area contributed by atoms with E-state index in [1.807, 2.05) is 36.4 Å². The molecule has 3 heteroatoms. The van der Waals surface area contributed by atoms with Gasteiger partial charge in [0.25, 0.3) is 0 Å². The third kappa shape index (κ3) is 2.14. The Labute approximate surface area is 121 Å². The van der Waals surface area contributed by atoms with Gasteiger partial charge in [-0.15, -0.1) is 0 Å². The SMILES string of the molecule is O=C1C=C(c2ccccc2)C(=S)c2ccc(Cl)cc21. The minimum absolute atomic E-state index is 0.0510. The fourth-order valence-electron chi connectivity index (χ4n) is 2.17. The van der Waals surface area contributed by atoms with Gasteiger partial charge in [-0.25, -0.2) is 0 Å². The first-order valence-corrected chi connectivity index (χ1v) is 6.61. The quantitative estimate of drug-likeness (QED) is 0.725. The Morgan fingerprint density at radius 3 is 2.42 bits per heavy atom. The van der Waals surface area contributed by atoms with Crippen LogP contribution in [0.2, 0.25) is 5.02 Å². The maximum Gasteiger partial charge on any atom is 0.187 e. The molecule has 1 nitrogen and oxygen atoms in total. The molecule has 0 fully saturated rings. The minimum Gasteiger partial charge on any atom is -0.289 e. The summed E-state index contributed by atoms with van der Waals surface area (Å²) in [6.45, 7) is 0. The van der Waals surface area contributed by atoms with E-state index in [4.69, 9.17) is 23.8 Å². The lowest BCUT2D eigenvalue weighted by Crippen LogP contribution is -2.15. The Bertz CT molecular complexity index is 717. The van der Waals surface area contributed by atoms with Crippen molar-refractivity contribution in [2.45, 2.75) is 0 Å². The Hall–Kier alpha value is -1.77. The molecule has 1 aliphatic carbocycles. The average molecular weight is 285 g/mol. The van der Waals surface area contributed by atoms with Crippen molar-refractivity contribution in [1.29, 1.82) is 0 Å². The van der Waals surface area contributed by atoms with Crippen LogP contribution in [0.5, 0.6) is 0 Å². The molecule has 0 aromatic heterocycles. The number of allylic oxidation sites excluding steroid dienone is 2. The zero-order valence-electron chi connectivity index (χ0n) is 9.89. The normalized spacial score (nSPS) is 14.1. The molecular weight excluding hydrogens is 276 g/mol. The van der Waals surface area contributed by atoms with Gasteiger partial charge in [0.1, 0.15) is 0 Å². The van der Waals surface area contributed by atoms with Crippen LogP contribution in [-0.4, -0.2) is 10.6 Å². The Balaban J connectivity index is 2.16. The molecule has 1 aliphatic rings. The second-order valence-corrected chi connectivity index (χ2v) is 5.15. The number of thiocarbonyl (C=S) groups is 1. The van der Waals surface area contributed by atoms with Crippen molar-refractivity contribution in [2.24, 2.45) is 0 Å². The van der Waals surface area contributed by atoms with Crippen molar-refractivity contribution >= 4 is 40.0 Å². The second kappa shape index (κ2) is 4.72. The van der Waals surface area contributed by atoms with Gasteiger partial charge in [-0.1, -0.05) is 60.2 Å². The molecule has 0 unspecified atom stereocenters. The largest absolute Gasteiger partial charge is 0.289 e. The van der Waals surface area contributed by atoms with Crippen LogP contribution in [-0.2, 0) is 0 Å². The van der Waals surface area contributed by atoms with Crippen molar-refractivity contribution in [3.63, 3.8) is 0 Å². The first kappa shape index (κ1) is 12.3. The molecule has 0 radical (unpaired) electrons. The lowest BCUT2D eigenvalue weighted by atomic mass is 9.87. The van der Waals surface area contributed by atoms with Crippen molar-refractivity contribution in [1.82, 2.24) is 0 Å².